The van der Waals surface area contributed by atoms with Gasteiger partial charge < -0.3 is 0 Å². The molecule has 0 fully saturated rings. The molecule has 0 radical (unpaired) electrons. The van der Waals surface area contributed by atoms with Gasteiger partial charge in [-0.15, -0.1) is 0 Å². The smallest absolute Gasteiger partial charge is 0.147 e. The van der Waals surface area contributed by atoms with E-state index < -0.39 is 0 Å². The Bertz CT molecular complexity index is 503. The molecule has 0 saturated heterocycles. The Kier molecular flexibility index (Phi) is 2.26. The SMILES string of the molecule is Cc1ncn(-c2ccc(C)c(F)c2C)n1. The van der Waals surface area contributed by atoms with E-state index >= 15 is 0 Å². The van der Waals surface area contributed by atoms with E-state index in [-0.39, 0.29) is 5.82 Å². The van der Waals surface area contributed by atoms with Crippen molar-refractivity contribution >= 4 is 0 Å². The van der Waals surface area contributed by atoms with E-state index in [9.17, 15) is 4.39 Å². The molecule has 0 amide bonds. The molecule has 0 aliphatic rings. The standard InChI is InChI=1S/C11H12FN3/c1-7-4-5-10(8(2)11(7)12)15-6-13-9(3)14-15/h4-6H,1-3H3. The maximum atomic E-state index is 13.6. The molecule has 0 bridgehead atoms. The predicted octanol–water partition coefficient (Wildman–Crippen LogP) is 2.33. The molecule has 1 aromatic heterocycles. The first-order valence-corrected chi connectivity index (χ1v) is 4.74. The van der Waals surface area contributed by atoms with Gasteiger partial charge in [-0.25, -0.2) is 14.1 Å². The third-order valence-electron chi connectivity index (χ3n) is 2.40. The number of aromatic nitrogens is 3. The number of hydrogen-bond acceptors (Lipinski definition) is 2. The third-order valence-corrected chi connectivity index (χ3v) is 2.40. The highest BCUT2D eigenvalue weighted by molar-refractivity contribution is 5.42. The van der Waals surface area contributed by atoms with Crippen LogP contribution in [0, 0.1) is 26.6 Å². The van der Waals surface area contributed by atoms with Crippen molar-refractivity contribution in [2.24, 2.45) is 0 Å². The summed E-state index contributed by atoms with van der Waals surface area (Å²) in [6, 6.07) is 3.59. The summed E-state index contributed by atoms with van der Waals surface area (Å²) in [5, 5.41) is 4.15. The highest BCUT2D eigenvalue weighted by Gasteiger charge is 2.09. The van der Waals surface area contributed by atoms with E-state index in [1.807, 2.05) is 6.07 Å². The second-order valence-corrected chi connectivity index (χ2v) is 3.58. The second kappa shape index (κ2) is 3.46. The Morgan fingerprint density at radius 2 is 1.93 bits per heavy atom. The maximum Gasteiger partial charge on any atom is 0.147 e. The van der Waals surface area contributed by atoms with Gasteiger partial charge in [0.2, 0.25) is 0 Å². The molecule has 2 rings (SSSR count). The number of rotatable bonds is 1. The first-order chi connectivity index (χ1) is 7.09. The van der Waals surface area contributed by atoms with Crippen LogP contribution < -0.4 is 0 Å². The third kappa shape index (κ3) is 1.63. The quantitative estimate of drug-likeness (QED) is 0.715. The van der Waals surface area contributed by atoms with Crippen LogP contribution in [0.15, 0.2) is 18.5 Å². The van der Waals surface area contributed by atoms with Crippen LogP contribution in [0.2, 0.25) is 0 Å². The molecule has 0 atom stereocenters. The number of nitrogens with zero attached hydrogens (tertiary/aromatic N) is 3. The lowest BCUT2D eigenvalue weighted by atomic mass is 10.1. The van der Waals surface area contributed by atoms with Gasteiger partial charge in [0.1, 0.15) is 18.0 Å². The molecule has 0 spiro atoms. The minimum atomic E-state index is -0.180. The maximum absolute atomic E-state index is 13.6. The van der Waals surface area contributed by atoms with Gasteiger partial charge in [0.15, 0.2) is 0 Å². The zero-order valence-corrected chi connectivity index (χ0v) is 8.95. The van der Waals surface area contributed by atoms with E-state index in [1.165, 1.54) is 0 Å². The molecule has 0 unspecified atom stereocenters. The van der Waals surface area contributed by atoms with E-state index in [0.29, 0.717) is 17.0 Å². The second-order valence-electron chi connectivity index (χ2n) is 3.58. The molecular formula is C11H12FN3. The van der Waals surface area contributed by atoms with Crippen LogP contribution in [0.3, 0.4) is 0 Å². The summed E-state index contributed by atoms with van der Waals surface area (Å²) in [4.78, 5) is 4.02. The van der Waals surface area contributed by atoms with Crippen molar-refractivity contribution in [3.05, 3.63) is 41.2 Å². The Morgan fingerprint density at radius 1 is 1.20 bits per heavy atom. The van der Waals surface area contributed by atoms with Crippen LogP contribution in [0.1, 0.15) is 17.0 Å². The molecule has 15 heavy (non-hydrogen) atoms. The fourth-order valence-corrected chi connectivity index (χ4v) is 1.52. The predicted molar refractivity (Wildman–Crippen MR) is 55.5 cm³/mol. The van der Waals surface area contributed by atoms with Crippen LogP contribution in [-0.2, 0) is 0 Å². The first kappa shape index (κ1) is 9.83. The van der Waals surface area contributed by atoms with Gasteiger partial charge in [-0.05, 0) is 32.4 Å². The summed E-state index contributed by atoms with van der Waals surface area (Å²) in [7, 11) is 0. The largest absolute Gasteiger partial charge is 0.220 e. The average molecular weight is 205 g/mol. The van der Waals surface area contributed by atoms with Crippen molar-refractivity contribution in [1.82, 2.24) is 14.8 Å². The minimum Gasteiger partial charge on any atom is -0.220 e. The number of benzene rings is 1. The summed E-state index contributed by atoms with van der Waals surface area (Å²) in [6.07, 6.45) is 1.59. The Balaban J connectivity index is 2.59. The topological polar surface area (TPSA) is 30.7 Å². The number of hydrogen-bond donors (Lipinski definition) is 0. The zero-order chi connectivity index (χ0) is 11.0. The molecule has 0 saturated carbocycles. The van der Waals surface area contributed by atoms with E-state index in [4.69, 9.17) is 0 Å². The number of halogens is 1. The lowest BCUT2D eigenvalue weighted by Crippen LogP contribution is -2.01. The van der Waals surface area contributed by atoms with E-state index in [2.05, 4.69) is 10.1 Å². The van der Waals surface area contributed by atoms with Crippen molar-refractivity contribution in [3.63, 3.8) is 0 Å². The Morgan fingerprint density at radius 3 is 2.53 bits per heavy atom. The summed E-state index contributed by atoms with van der Waals surface area (Å²) in [5.41, 5.74) is 1.98. The van der Waals surface area contributed by atoms with Gasteiger partial charge in [-0.1, -0.05) is 6.07 Å². The van der Waals surface area contributed by atoms with Gasteiger partial charge in [-0.3, -0.25) is 0 Å². The summed E-state index contributed by atoms with van der Waals surface area (Å²) < 4.78 is 15.2. The van der Waals surface area contributed by atoms with E-state index in [0.717, 1.165) is 5.69 Å². The van der Waals surface area contributed by atoms with Crippen LogP contribution in [-0.4, -0.2) is 14.8 Å². The highest BCUT2D eigenvalue weighted by Crippen LogP contribution is 2.19. The molecule has 0 aliphatic carbocycles. The van der Waals surface area contributed by atoms with Gasteiger partial charge in [-0.2, -0.15) is 5.10 Å². The number of aryl methyl sites for hydroxylation is 2. The van der Waals surface area contributed by atoms with Crippen LogP contribution in [0.5, 0.6) is 0 Å². The average Bonchev–Trinajstić information content (AvgIpc) is 2.61. The molecule has 1 heterocycles. The first-order valence-electron chi connectivity index (χ1n) is 4.74. The minimum absolute atomic E-state index is 0.180. The van der Waals surface area contributed by atoms with Crippen LogP contribution in [0.25, 0.3) is 5.69 Å². The van der Waals surface area contributed by atoms with Crippen LogP contribution in [0.4, 0.5) is 4.39 Å². The lowest BCUT2D eigenvalue weighted by molar-refractivity contribution is 0.606. The van der Waals surface area contributed by atoms with Crippen molar-refractivity contribution in [2.45, 2.75) is 20.8 Å². The normalized spacial score (nSPS) is 10.7. The van der Waals surface area contributed by atoms with Crippen LogP contribution >= 0.6 is 0 Å². The highest BCUT2D eigenvalue weighted by atomic mass is 19.1. The Labute approximate surface area is 87.6 Å². The Hall–Kier alpha value is -1.71. The molecule has 2 aromatic rings. The molecule has 78 valence electrons. The zero-order valence-electron chi connectivity index (χ0n) is 8.95. The van der Waals surface area contributed by atoms with Gasteiger partial charge in [0.05, 0.1) is 5.69 Å². The van der Waals surface area contributed by atoms with Crippen molar-refractivity contribution < 1.29 is 4.39 Å². The summed E-state index contributed by atoms with van der Waals surface area (Å²) in [6.45, 7) is 5.30. The van der Waals surface area contributed by atoms with E-state index in [1.54, 1.807) is 37.8 Å². The fourth-order valence-electron chi connectivity index (χ4n) is 1.52. The molecular weight excluding hydrogens is 193 g/mol. The van der Waals surface area contributed by atoms with Gasteiger partial charge >= 0.3 is 0 Å². The summed E-state index contributed by atoms with van der Waals surface area (Å²) in [5.74, 6) is 0.496. The molecule has 0 N–H and O–H groups in total. The summed E-state index contributed by atoms with van der Waals surface area (Å²) >= 11 is 0. The van der Waals surface area contributed by atoms with Crippen molar-refractivity contribution in [2.75, 3.05) is 0 Å². The molecule has 1 aromatic carbocycles. The lowest BCUT2D eigenvalue weighted by Gasteiger charge is -2.07. The monoisotopic (exact) mass is 205 g/mol. The van der Waals surface area contributed by atoms with Gasteiger partial charge in [0, 0.05) is 5.56 Å². The van der Waals surface area contributed by atoms with Crippen molar-refractivity contribution in [3.8, 4) is 5.69 Å². The molecule has 3 nitrogen and oxygen atoms in total. The fraction of sp³-hybridized carbons (Fsp3) is 0.273. The van der Waals surface area contributed by atoms with Gasteiger partial charge in [0.25, 0.3) is 0 Å². The molecule has 0 aliphatic heterocycles. The van der Waals surface area contributed by atoms with Crippen molar-refractivity contribution in [1.29, 1.82) is 0 Å². The molecule has 4 heteroatoms.